The number of aryl methyl sites for hydroxylation is 1. The van der Waals surface area contributed by atoms with Crippen LogP contribution in [0.4, 0.5) is 0 Å². The number of ether oxygens (including phenoxy) is 2. The third-order valence-electron chi connectivity index (χ3n) is 3.93. The van der Waals surface area contributed by atoms with Gasteiger partial charge >= 0.3 is 5.97 Å². The molecule has 24 heavy (non-hydrogen) atoms. The summed E-state index contributed by atoms with van der Waals surface area (Å²) < 4.78 is 11.2. The van der Waals surface area contributed by atoms with E-state index in [1.165, 1.54) is 0 Å². The summed E-state index contributed by atoms with van der Waals surface area (Å²) in [6, 6.07) is 5.30. The van der Waals surface area contributed by atoms with Crippen LogP contribution in [0, 0.1) is 6.92 Å². The summed E-state index contributed by atoms with van der Waals surface area (Å²) in [5.74, 6) is -0.252. The van der Waals surface area contributed by atoms with Gasteiger partial charge in [0.1, 0.15) is 6.61 Å². The van der Waals surface area contributed by atoms with Gasteiger partial charge in [-0.1, -0.05) is 19.4 Å². The molecule has 1 aliphatic heterocycles. The van der Waals surface area contributed by atoms with Gasteiger partial charge in [-0.25, -0.2) is 9.79 Å². The number of allylic oxidation sites excluding steroid dienone is 1. The monoisotopic (exact) mass is 331 g/mol. The Kier molecular flexibility index (Phi) is 6.55. The minimum absolute atomic E-state index is 0.322. The van der Waals surface area contributed by atoms with Crippen LogP contribution in [0.25, 0.3) is 0 Å². The van der Waals surface area contributed by atoms with Crippen molar-refractivity contribution in [2.24, 2.45) is 4.99 Å². The first-order chi connectivity index (χ1) is 11.5. The number of benzene rings is 1. The number of hydrogen-bond donors (Lipinski definition) is 1. The standard InChI is InChI=1S/C19H25NO4/c1-4-5-8-23-9-10-24-18-14(3)12-17(20-18)15-6-7-16(19(21)22)13(2)11-15/h6-7,11H,4-5,8-10,12H2,1-3H3,(H,21,22). The number of unbranched alkanes of at least 4 members (excludes halogenated alkanes) is 1. The Labute approximate surface area is 143 Å². The second-order valence-electron chi connectivity index (χ2n) is 5.97. The lowest BCUT2D eigenvalue weighted by Crippen LogP contribution is -2.05. The number of hydrogen-bond acceptors (Lipinski definition) is 4. The highest BCUT2D eigenvalue weighted by atomic mass is 16.5. The fourth-order valence-electron chi connectivity index (χ4n) is 2.54. The quantitative estimate of drug-likeness (QED) is 0.696. The van der Waals surface area contributed by atoms with Crippen LogP contribution in [0.5, 0.6) is 0 Å². The molecule has 0 spiro atoms. The Hall–Kier alpha value is -2.14. The first-order valence-corrected chi connectivity index (χ1v) is 8.35. The summed E-state index contributed by atoms with van der Waals surface area (Å²) in [7, 11) is 0. The van der Waals surface area contributed by atoms with E-state index in [2.05, 4.69) is 11.9 Å². The van der Waals surface area contributed by atoms with Gasteiger partial charge in [-0.15, -0.1) is 0 Å². The Balaban J connectivity index is 1.94. The lowest BCUT2D eigenvalue weighted by molar-refractivity contribution is 0.0696. The van der Waals surface area contributed by atoms with Crippen LogP contribution < -0.4 is 0 Å². The maximum Gasteiger partial charge on any atom is 0.335 e. The van der Waals surface area contributed by atoms with Crippen LogP contribution >= 0.6 is 0 Å². The van der Waals surface area contributed by atoms with Crippen LogP contribution in [-0.2, 0) is 9.47 Å². The number of aliphatic imine (C=N–C) groups is 1. The highest BCUT2D eigenvalue weighted by Crippen LogP contribution is 2.25. The molecule has 0 aromatic heterocycles. The molecular formula is C19H25NO4. The second-order valence-corrected chi connectivity index (χ2v) is 5.97. The zero-order chi connectivity index (χ0) is 17.5. The average Bonchev–Trinajstić information content (AvgIpc) is 2.91. The molecule has 0 atom stereocenters. The molecule has 1 aliphatic rings. The van der Waals surface area contributed by atoms with Gasteiger partial charge in [0.2, 0.25) is 5.88 Å². The molecule has 0 amide bonds. The van der Waals surface area contributed by atoms with E-state index in [0.29, 0.717) is 24.7 Å². The molecule has 2 rings (SSSR count). The number of rotatable bonds is 9. The van der Waals surface area contributed by atoms with Crippen LogP contribution in [0.3, 0.4) is 0 Å². The van der Waals surface area contributed by atoms with E-state index in [0.717, 1.165) is 48.3 Å². The summed E-state index contributed by atoms with van der Waals surface area (Å²) in [5.41, 5.74) is 3.99. The second kappa shape index (κ2) is 8.64. The number of carbonyl (C=O) groups is 1. The predicted octanol–water partition coefficient (Wildman–Crippen LogP) is 3.95. The molecule has 130 valence electrons. The molecule has 0 aliphatic carbocycles. The van der Waals surface area contributed by atoms with Crippen molar-refractivity contribution in [2.45, 2.75) is 40.0 Å². The van der Waals surface area contributed by atoms with Crippen molar-refractivity contribution < 1.29 is 19.4 Å². The van der Waals surface area contributed by atoms with E-state index in [9.17, 15) is 4.79 Å². The lowest BCUT2D eigenvalue weighted by Gasteiger charge is -2.06. The predicted molar refractivity (Wildman–Crippen MR) is 93.7 cm³/mol. The fourth-order valence-corrected chi connectivity index (χ4v) is 2.54. The van der Waals surface area contributed by atoms with Crippen molar-refractivity contribution >= 4 is 11.7 Å². The fraction of sp³-hybridized carbons (Fsp3) is 0.474. The maximum atomic E-state index is 11.1. The first kappa shape index (κ1) is 18.2. The van der Waals surface area contributed by atoms with Gasteiger partial charge in [0.15, 0.2) is 0 Å². The molecular weight excluding hydrogens is 306 g/mol. The van der Waals surface area contributed by atoms with E-state index >= 15 is 0 Å². The number of carboxylic acid groups (broad SMARTS) is 1. The molecule has 1 heterocycles. The first-order valence-electron chi connectivity index (χ1n) is 8.35. The Morgan fingerprint density at radius 1 is 1.25 bits per heavy atom. The highest BCUT2D eigenvalue weighted by molar-refractivity contribution is 6.04. The third-order valence-corrected chi connectivity index (χ3v) is 3.93. The summed E-state index contributed by atoms with van der Waals surface area (Å²) in [6.45, 7) is 7.75. The van der Waals surface area contributed by atoms with Crippen LogP contribution in [0.1, 0.15) is 54.6 Å². The molecule has 0 bridgehead atoms. The largest absolute Gasteiger partial charge is 0.478 e. The zero-order valence-electron chi connectivity index (χ0n) is 14.6. The minimum Gasteiger partial charge on any atom is -0.478 e. The molecule has 0 unspecified atom stereocenters. The normalized spacial score (nSPS) is 14.0. The summed E-state index contributed by atoms with van der Waals surface area (Å²) in [5, 5.41) is 9.11. The molecule has 5 heteroatoms. The number of aromatic carboxylic acids is 1. The van der Waals surface area contributed by atoms with Crippen LogP contribution in [0.15, 0.2) is 34.6 Å². The average molecular weight is 331 g/mol. The molecule has 0 fully saturated rings. The van der Waals surface area contributed by atoms with Gasteiger partial charge in [0.05, 0.1) is 17.9 Å². The topological polar surface area (TPSA) is 68.1 Å². The molecule has 0 radical (unpaired) electrons. The molecule has 1 aromatic rings. The van der Waals surface area contributed by atoms with Gasteiger partial charge in [0.25, 0.3) is 0 Å². The smallest absolute Gasteiger partial charge is 0.335 e. The van der Waals surface area contributed by atoms with Gasteiger partial charge in [-0.3, -0.25) is 0 Å². The van der Waals surface area contributed by atoms with Gasteiger partial charge < -0.3 is 14.6 Å². The van der Waals surface area contributed by atoms with E-state index in [1.807, 2.05) is 13.0 Å². The van der Waals surface area contributed by atoms with E-state index in [4.69, 9.17) is 14.6 Å². The Morgan fingerprint density at radius 3 is 2.71 bits per heavy atom. The van der Waals surface area contributed by atoms with Crippen molar-refractivity contribution in [3.05, 3.63) is 46.3 Å². The van der Waals surface area contributed by atoms with Gasteiger partial charge in [-0.05, 0) is 49.1 Å². The summed E-state index contributed by atoms with van der Waals surface area (Å²) in [4.78, 5) is 15.7. The molecule has 1 aromatic carbocycles. The molecule has 1 N–H and O–H groups in total. The Bertz CT molecular complexity index is 661. The maximum absolute atomic E-state index is 11.1. The molecule has 5 nitrogen and oxygen atoms in total. The van der Waals surface area contributed by atoms with Crippen molar-refractivity contribution in [1.82, 2.24) is 0 Å². The van der Waals surface area contributed by atoms with Gasteiger partial charge in [-0.2, -0.15) is 0 Å². The van der Waals surface area contributed by atoms with Crippen molar-refractivity contribution in [1.29, 1.82) is 0 Å². The van der Waals surface area contributed by atoms with E-state index in [1.54, 1.807) is 19.1 Å². The molecule has 0 saturated carbocycles. The summed E-state index contributed by atoms with van der Waals surface area (Å²) >= 11 is 0. The van der Waals surface area contributed by atoms with E-state index in [-0.39, 0.29) is 0 Å². The lowest BCUT2D eigenvalue weighted by atomic mass is 10.00. The van der Waals surface area contributed by atoms with E-state index < -0.39 is 5.97 Å². The van der Waals surface area contributed by atoms with Crippen molar-refractivity contribution in [3.8, 4) is 0 Å². The Morgan fingerprint density at radius 2 is 2.04 bits per heavy atom. The number of carboxylic acids is 1. The van der Waals surface area contributed by atoms with Gasteiger partial charge in [0, 0.05) is 13.0 Å². The third kappa shape index (κ3) is 4.68. The number of nitrogens with zero attached hydrogens (tertiary/aromatic N) is 1. The van der Waals surface area contributed by atoms with Crippen molar-refractivity contribution in [3.63, 3.8) is 0 Å². The highest BCUT2D eigenvalue weighted by Gasteiger charge is 2.18. The minimum atomic E-state index is -0.909. The van der Waals surface area contributed by atoms with Crippen LogP contribution in [-0.4, -0.2) is 36.6 Å². The van der Waals surface area contributed by atoms with Crippen LogP contribution in [0.2, 0.25) is 0 Å². The zero-order valence-corrected chi connectivity index (χ0v) is 14.6. The van der Waals surface area contributed by atoms with Crippen molar-refractivity contribution in [2.75, 3.05) is 19.8 Å². The SMILES string of the molecule is CCCCOCCOC1=C(C)CC(c2ccc(C(=O)O)c(C)c2)=N1. The summed E-state index contributed by atoms with van der Waals surface area (Å²) in [6.07, 6.45) is 2.91. The molecule has 0 saturated heterocycles.